The van der Waals surface area contributed by atoms with Crippen LogP contribution in [0.25, 0.3) is 0 Å². The third kappa shape index (κ3) is 2.14. The van der Waals surface area contributed by atoms with Crippen molar-refractivity contribution < 1.29 is 14.3 Å². The summed E-state index contributed by atoms with van der Waals surface area (Å²) in [5, 5.41) is 10.2. The molecule has 1 N–H and O–H groups in total. The van der Waals surface area contributed by atoms with Crippen LogP contribution in [-0.2, 0) is 4.79 Å². The van der Waals surface area contributed by atoms with Crippen LogP contribution in [0.5, 0.6) is 0 Å². The topological polar surface area (TPSA) is 40.5 Å². The van der Waals surface area contributed by atoms with Crippen molar-refractivity contribution in [3.63, 3.8) is 0 Å². The van der Waals surface area contributed by atoms with E-state index in [0.717, 1.165) is 32.1 Å². The number of hydrogen-bond acceptors (Lipinski definition) is 2. The first-order valence-corrected chi connectivity index (χ1v) is 6.88. The van der Waals surface area contributed by atoms with Crippen molar-refractivity contribution in [2.45, 2.75) is 43.7 Å². The number of carbonyl (C=O) groups excluding carboxylic acids is 1. The van der Waals surface area contributed by atoms with Gasteiger partial charge in [-0.3, -0.25) is 4.79 Å². The average Bonchev–Trinajstić information content (AvgIpc) is 3.18. The summed E-state index contributed by atoms with van der Waals surface area (Å²) >= 11 is 0. The molecule has 1 spiro atoms. The first-order valence-electron chi connectivity index (χ1n) is 6.88. The minimum atomic E-state index is -1.38. The van der Waals surface area contributed by atoms with Crippen molar-refractivity contribution in [3.05, 3.63) is 35.6 Å². The Kier molecular flexibility index (Phi) is 3.05. The van der Waals surface area contributed by atoms with Gasteiger partial charge in [-0.1, -0.05) is 18.2 Å². The van der Waals surface area contributed by atoms with Crippen LogP contribution in [0.4, 0.5) is 4.39 Å². The number of hydrogen-bond donors (Lipinski definition) is 1. The van der Waals surface area contributed by atoms with Crippen molar-refractivity contribution in [3.8, 4) is 0 Å². The van der Waals surface area contributed by atoms with Crippen LogP contribution in [-0.4, -0.2) is 28.0 Å². The molecule has 1 saturated heterocycles. The lowest BCUT2D eigenvalue weighted by Gasteiger charge is -2.37. The molecule has 1 amide bonds. The van der Waals surface area contributed by atoms with Crippen molar-refractivity contribution in [2.75, 3.05) is 6.54 Å². The van der Waals surface area contributed by atoms with Gasteiger partial charge in [0.05, 0.1) is 0 Å². The minimum Gasteiger partial charge on any atom is -0.378 e. The summed E-state index contributed by atoms with van der Waals surface area (Å²) < 4.78 is 13.6. The second kappa shape index (κ2) is 4.60. The zero-order valence-corrected chi connectivity index (χ0v) is 10.8. The summed E-state index contributed by atoms with van der Waals surface area (Å²) in [6, 6.07) is 5.94. The van der Waals surface area contributed by atoms with E-state index in [4.69, 9.17) is 0 Å². The van der Waals surface area contributed by atoms with Gasteiger partial charge in [0.15, 0.2) is 6.10 Å². The van der Waals surface area contributed by atoms with Gasteiger partial charge < -0.3 is 10.0 Å². The van der Waals surface area contributed by atoms with Crippen LogP contribution < -0.4 is 0 Å². The highest BCUT2D eigenvalue weighted by Gasteiger charge is 2.51. The summed E-state index contributed by atoms with van der Waals surface area (Å²) in [5.41, 5.74) is 0.0514. The molecule has 102 valence electrons. The molecule has 1 heterocycles. The second-order valence-electron chi connectivity index (χ2n) is 5.60. The Labute approximate surface area is 112 Å². The molecule has 1 aromatic rings. The Morgan fingerprint density at radius 1 is 1.26 bits per heavy atom. The number of carbonyl (C=O) groups is 1. The van der Waals surface area contributed by atoms with Crippen molar-refractivity contribution in [1.82, 2.24) is 4.90 Å². The molecule has 3 rings (SSSR count). The summed E-state index contributed by atoms with van der Waals surface area (Å²) in [6.45, 7) is 0.685. The van der Waals surface area contributed by atoms with E-state index in [0.29, 0.717) is 6.54 Å². The fraction of sp³-hybridized carbons (Fsp3) is 0.533. The van der Waals surface area contributed by atoms with Crippen LogP contribution in [0, 0.1) is 5.82 Å². The zero-order valence-electron chi connectivity index (χ0n) is 10.8. The summed E-state index contributed by atoms with van der Waals surface area (Å²) in [7, 11) is 0. The lowest BCUT2D eigenvalue weighted by molar-refractivity contribution is -0.145. The van der Waals surface area contributed by atoms with Crippen LogP contribution >= 0.6 is 0 Å². The van der Waals surface area contributed by atoms with E-state index in [1.165, 1.54) is 12.1 Å². The third-order valence-corrected chi connectivity index (χ3v) is 4.37. The predicted octanol–water partition coefficient (Wildman–Crippen LogP) is 2.40. The fourth-order valence-corrected chi connectivity index (χ4v) is 3.08. The minimum absolute atomic E-state index is 0.0262. The van der Waals surface area contributed by atoms with E-state index in [9.17, 15) is 14.3 Å². The highest BCUT2D eigenvalue weighted by atomic mass is 19.1. The maximum absolute atomic E-state index is 13.6. The molecule has 0 aromatic heterocycles. The Morgan fingerprint density at radius 2 is 2.00 bits per heavy atom. The highest BCUT2D eigenvalue weighted by molar-refractivity contribution is 5.83. The molecule has 2 aliphatic rings. The molecular weight excluding hydrogens is 245 g/mol. The third-order valence-electron chi connectivity index (χ3n) is 4.37. The van der Waals surface area contributed by atoms with Crippen molar-refractivity contribution in [1.29, 1.82) is 0 Å². The van der Waals surface area contributed by atoms with E-state index in [2.05, 4.69) is 0 Å². The van der Waals surface area contributed by atoms with Gasteiger partial charge in [0.2, 0.25) is 0 Å². The molecule has 2 fully saturated rings. The average molecular weight is 263 g/mol. The van der Waals surface area contributed by atoms with Crippen LogP contribution in [0.3, 0.4) is 0 Å². The molecule has 0 bridgehead atoms. The molecule has 1 atom stereocenters. The van der Waals surface area contributed by atoms with Gasteiger partial charge in [-0.05, 0) is 38.2 Å². The van der Waals surface area contributed by atoms with Crippen LogP contribution in [0.15, 0.2) is 24.3 Å². The molecule has 0 radical (unpaired) electrons. The van der Waals surface area contributed by atoms with Crippen molar-refractivity contribution >= 4 is 5.91 Å². The van der Waals surface area contributed by atoms with Gasteiger partial charge in [0.25, 0.3) is 5.91 Å². The second-order valence-corrected chi connectivity index (χ2v) is 5.60. The maximum atomic E-state index is 13.6. The lowest BCUT2D eigenvalue weighted by atomic mass is 9.98. The van der Waals surface area contributed by atoms with E-state index < -0.39 is 11.9 Å². The Hall–Kier alpha value is -1.42. The zero-order chi connectivity index (χ0) is 13.5. The molecule has 3 nitrogen and oxygen atoms in total. The Balaban J connectivity index is 1.82. The standard InChI is InChI=1S/C15H18FNO2/c16-12-6-2-1-5-11(12)13(18)14(19)17-10-4-3-7-15(17)8-9-15/h1-2,5-6,13,18H,3-4,7-10H2/t13-/m1/s1. The Bertz CT molecular complexity index is 499. The monoisotopic (exact) mass is 263 g/mol. The van der Waals surface area contributed by atoms with Gasteiger partial charge in [0.1, 0.15) is 5.82 Å². The fourth-order valence-electron chi connectivity index (χ4n) is 3.08. The molecule has 4 heteroatoms. The number of likely N-dealkylation sites (tertiary alicyclic amines) is 1. The van der Waals surface area contributed by atoms with E-state index in [1.54, 1.807) is 17.0 Å². The van der Waals surface area contributed by atoms with Gasteiger partial charge >= 0.3 is 0 Å². The van der Waals surface area contributed by atoms with Gasteiger partial charge in [-0.15, -0.1) is 0 Å². The lowest BCUT2D eigenvalue weighted by Crippen LogP contribution is -2.47. The van der Waals surface area contributed by atoms with Crippen molar-refractivity contribution in [2.24, 2.45) is 0 Å². The predicted molar refractivity (Wildman–Crippen MR) is 68.9 cm³/mol. The molecule has 1 saturated carbocycles. The number of halogens is 1. The molecular formula is C15H18FNO2. The summed E-state index contributed by atoms with van der Waals surface area (Å²) in [4.78, 5) is 14.2. The largest absolute Gasteiger partial charge is 0.378 e. The molecule has 0 unspecified atom stereocenters. The van der Waals surface area contributed by atoms with Gasteiger partial charge in [-0.2, -0.15) is 0 Å². The summed E-state index contributed by atoms with van der Waals surface area (Å²) in [6.07, 6.45) is 3.78. The Morgan fingerprint density at radius 3 is 2.68 bits per heavy atom. The van der Waals surface area contributed by atoms with Gasteiger partial charge in [0, 0.05) is 17.6 Å². The molecule has 1 aliphatic heterocycles. The normalized spacial score (nSPS) is 22.3. The SMILES string of the molecule is O=C([C@H](O)c1ccccc1F)N1CCCCC12CC2. The first kappa shape index (κ1) is 12.6. The number of aliphatic hydroxyl groups excluding tert-OH is 1. The molecule has 1 aliphatic carbocycles. The van der Waals surface area contributed by atoms with Gasteiger partial charge in [-0.25, -0.2) is 4.39 Å². The quantitative estimate of drug-likeness (QED) is 0.890. The number of rotatable bonds is 2. The number of piperidine rings is 1. The smallest absolute Gasteiger partial charge is 0.256 e. The van der Waals surface area contributed by atoms with E-state index in [1.807, 2.05) is 0 Å². The number of benzene rings is 1. The first-order chi connectivity index (χ1) is 9.14. The molecule has 1 aromatic carbocycles. The molecule has 19 heavy (non-hydrogen) atoms. The van der Waals surface area contributed by atoms with Crippen LogP contribution in [0.1, 0.15) is 43.8 Å². The summed E-state index contributed by atoms with van der Waals surface area (Å²) in [5.74, 6) is -0.868. The number of nitrogens with zero attached hydrogens (tertiary/aromatic N) is 1. The maximum Gasteiger partial charge on any atom is 0.256 e. The highest BCUT2D eigenvalue weighted by Crippen LogP contribution is 2.49. The number of aliphatic hydroxyl groups is 1. The van der Waals surface area contributed by atoms with E-state index in [-0.39, 0.29) is 17.0 Å². The van der Waals surface area contributed by atoms with Crippen LogP contribution in [0.2, 0.25) is 0 Å². The van der Waals surface area contributed by atoms with E-state index >= 15 is 0 Å². The number of amides is 1.